The minimum atomic E-state index is -0.127. The molecular weight excluding hydrogens is 340 g/mol. The number of amides is 2. The number of fused-ring (bicyclic) bond motifs is 1. The van der Waals surface area contributed by atoms with Crippen LogP contribution in [-0.2, 0) is 0 Å². The molecule has 3 heterocycles. The van der Waals surface area contributed by atoms with E-state index in [2.05, 4.69) is 10.3 Å². The summed E-state index contributed by atoms with van der Waals surface area (Å²) < 4.78 is 0. The number of benzene rings is 1. The second kappa shape index (κ2) is 7.15. The van der Waals surface area contributed by atoms with Crippen LogP contribution in [0.5, 0.6) is 0 Å². The van der Waals surface area contributed by atoms with Crippen molar-refractivity contribution in [2.75, 3.05) is 20.1 Å². The van der Waals surface area contributed by atoms with Crippen molar-refractivity contribution in [2.24, 2.45) is 0 Å². The van der Waals surface area contributed by atoms with Crippen molar-refractivity contribution in [1.82, 2.24) is 20.2 Å². The number of hydrogen-bond acceptors (Lipinski definition) is 4. The first-order chi connectivity index (χ1) is 13.2. The molecule has 0 saturated carbocycles. The quantitative estimate of drug-likeness (QED) is 0.779. The summed E-state index contributed by atoms with van der Waals surface area (Å²) in [6.45, 7) is 1.27. The van der Waals surface area contributed by atoms with Gasteiger partial charge in [-0.3, -0.25) is 19.6 Å². The van der Waals surface area contributed by atoms with E-state index in [1.54, 1.807) is 31.6 Å². The van der Waals surface area contributed by atoms with Crippen LogP contribution in [0.1, 0.15) is 38.7 Å². The van der Waals surface area contributed by atoms with Gasteiger partial charge in [-0.2, -0.15) is 0 Å². The van der Waals surface area contributed by atoms with Crippen LogP contribution in [-0.4, -0.2) is 46.8 Å². The molecule has 1 aliphatic heterocycles. The summed E-state index contributed by atoms with van der Waals surface area (Å²) in [6.07, 6.45) is 4.08. The molecule has 3 aromatic rings. The lowest BCUT2D eigenvalue weighted by Gasteiger charge is -2.17. The van der Waals surface area contributed by atoms with Crippen LogP contribution in [0.3, 0.4) is 0 Å². The summed E-state index contributed by atoms with van der Waals surface area (Å²) in [4.78, 5) is 35.6. The Kier molecular flexibility index (Phi) is 4.54. The van der Waals surface area contributed by atoms with Crippen LogP contribution in [0, 0.1) is 0 Å². The van der Waals surface area contributed by atoms with Gasteiger partial charge in [-0.15, -0.1) is 0 Å². The van der Waals surface area contributed by atoms with Gasteiger partial charge in [0.25, 0.3) is 11.8 Å². The molecule has 0 radical (unpaired) electrons. The maximum absolute atomic E-state index is 12.7. The first-order valence-corrected chi connectivity index (χ1v) is 8.98. The molecule has 0 bridgehead atoms. The number of hydrogen-bond donors (Lipinski definition) is 1. The monoisotopic (exact) mass is 360 g/mol. The summed E-state index contributed by atoms with van der Waals surface area (Å²) in [5.41, 5.74) is 2.92. The molecular formula is C21H20N4O2. The standard InChI is InChI=1S/C21H20N4O2/c1-22-20(26)17-12-19(24-18-5-3-2-4-16(17)18)15-8-11-25(13-15)21(27)14-6-9-23-10-7-14/h2-7,9-10,12,15H,8,11,13H2,1H3,(H,22,26). The number of likely N-dealkylation sites (tertiary alicyclic amines) is 1. The minimum Gasteiger partial charge on any atom is -0.355 e. The zero-order valence-electron chi connectivity index (χ0n) is 15.1. The molecule has 0 aliphatic carbocycles. The Morgan fingerprint density at radius 2 is 1.93 bits per heavy atom. The van der Waals surface area contributed by atoms with Gasteiger partial charge in [0.15, 0.2) is 0 Å². The van der Waals surface area contributed by atoms with Crippen LogP contribution in [0.25, 0.3) is 10.9 Å². The largest absolute Gasteiger partial charge is 0.355 e. The fourth-order valence-corrected chi connectivity index (χ4v) is 3.59. The number of nitrogens with one attached hydrogen (secondary N) is 1. The highest BCUT2D eigenvalue weighted by molar-refractivity contribution is 6.06. The number of pyridine rings is 2. The second-order valence-electron chi connectivity index (χ2n) is 6.66. The molecule has 27 heavy (non-hydrogen) atoms. The molecule has 1 saturated heterocycles. The Labute approximate surface area is 157 Å². The van der Waals surface area contributed by atoms with Crippen molar-refractivity contribution in [3.8, 4) is 0 Å². The predicted molar refractivity (Wildman–Crippen MR) is 103 cm³/mol. The molecule has 6 heteroatoms. The third kappa shape index (κ3) is 3.26. The number of nitrogens with zero attached hydrogens (tertiary/aromatic N) is 3. The molecule has 2 aromatic heterocycles. The van der Waals surface area contributed by atoms with E-state index in [0.29, 0.717) is 24.2 Å². The van der Waals surface area contributed by atoms with Gasteiger partial charge in [-0.25, -0.2) is 0 Å². The third-order valence-corrected chi connectivity index (χ3v) is 5.03. The first-order valence-electron chi connectivity index (χ1n) is 8.98. The Bertz CT molecular complexity index is 1000. The molecule has 6 nitrogen and oxygen atoms in total. The van der Waals surface area contributed by atoms with Gasteiger partial charge in [-0.05, 0) is 30.7 Å². The van der Waals surface area contributed by atoms with Crippen LogP contribution in [0.4, 0.5) is 0 Å². The van der Waals surface area contributed by atoms with Crippen LogP contribution < -0.4 is 5.32 Å². The maximum atomic E-state index is 12.7. The van der Waals surface area contributed by atoms with Gasteiger partial charge in [0.2, 0.25) is 0 Å². The van der Waals surface area contributed by atoms with E-state index >= 15 is 0 Å². The van der Waals surface area contributed by atoms with E-state index < -0.39 is 0 Å². The van der Waals surface area contributed by atoms with Crippen molar-refractivity contribution in [3.63, 3.8) is 0 Å². The number of rotatable bonds is 3. The molecule has 1 N–H and O–H groups in total. The van der Waals surface area contributed by atoms with Crippen molar-refractivity contribution in [3.05, 3.63) is 71.7 Å². The second-order valence-corrected chi connectivity index (χ2v) is 6.66. The van der Waals surface area contributed by atoms with E-state index in [9.17, 15) is 9.59 Å². The van der Waals surface area contributed by atoms with Gasteiger partial charge in [0.05, 0.1) is 11.1 Å². The summed E-state index contributed by atoms with van der Waals surface area (Å²) >= 11 is 0. The Morgan fingerprint density at radius 3 is 2.70 bits per heavy atom. The van der Waals surface area contributed by atoms with Crippen LogP contribution >= 0.6 is 0 Å². The lowest BCUT2D eigenvalue weighted by atomic mass is 9.99. The SMILES string of the molecule is CNC(=O)c1cc(C2CCN(C(=O)c3ccncc3)C2)nc2ccccc12. The fraction of sp³-hybridized carbons (Fsp3) is 0.238. The zero-order valence-corrected chi connectivity index (χ0v) is 15.1. The van der Waals surface area contributed by atoms with Gasteiger partial charge in [-0.1, -0.05) is 18.2 Å². The molecule has 1 unspecified atom stereocenters. The average Bonchev–Trinajstić information content (AvgIpc) is 3.22. The van der Waals surface area contributed by atoms with Crippen molar-refractivity contribution < 1.29 is 9.59 Å². The maximum Gasteiger partial charge on any atom is 0.253 e. The van der Waals surface area contributed by atoms with E-state index in [1.165, 1.54) is 0 Å². The summed E-state index contributed by atoms with van der Waals surface area (Å²) in [5, 5.41) is 3.54. The summed E-state index contributed by atoms with van der Waals surface area (Å²) in [5.74, 6) is -0.00595. The van der Waals surface area contributed by atoms with Gasteiger partial charge in [0.1, 0.15) is 0 Å². The van der Waals surface area contributed by atoms with Crippen molar-refractivity contribution in [1.29, 1.82) is 0 Å². The molecule has 1 fully saturated rings. The third-order valence-electron chi connectivity index (χ3n) is 5.03. The predicted octanol–water partition coefficient (Wildman–Crippen LogP) is 2.62. The molecule has 1 aliphatic rings. The highest BCUT2D eigenvalue weighted by Gasteiger charge is 2.29. The number of carbonyl (C=O) groups is 2. The Morgan fingerprint density at radius 1 is 1.15 bits per heavy atom. The van der Waals surface area contributed by atoms with E-state index in [1.807, 2.05) is 35.2 Å². The molecule has 4 rings (SSSR count). The Hall–Kier alpha value is -3.28. The fourth-order valence-electron chi connectivity index (χ4n) is 3.59. The topological polar surface area (TPSA) is 75.2 Å². The van der Waals surface area contributed by atoms with Crippen molar-refractivity contribution in [2.45, 2.75) is 12.3 Å². The summed E-state index contributed by atoms with van der Waals surface area (Å²) in [6, 6.07) is 13.0. The minimum absolute atomic E-state index is 0.00668. The van der Waals surface area contributed by atoms with Crippen LogP contribution in [0.15, 0.2) is 54.9 Å². The van der Waals surface area contributed by atoms with Crippen LogP contribution in [0.2, 0.25) is 0 Å². The zero-order chi connectivity index (χ0) is 18.8. The van der Waals surface area contributed by atoms with Gasteiger partial charge in [0, 0.05) is 55.1 Å². The molecule has 0 spiro atoms. The number of carbonyl (C=O) groups excluding carboxylic acids is 2. The van der Waals surface area contributed by atoms with E-state index in [-0.39, 0.29) is 17.7 Å². The average molecular weight is 360 g/mol. The van der Waals surface area contributed by atoms with Gasteiger partial charge < -0.3 is 10.2 Å². The van der Waals surface area contributed by atoms with E-state index in [0.717, 1.165) is 23.0 Å². The normalized spacial score (nSPS) is 16.5. The Balaban J connectivity index is 1.63. The smallest absolute Gasteiger partial charge is 0.253 e. The highest BCUT2D eigenvalue weighted by Crippen LogP contribution is 2.30. The lowest BCUT2D eigenvalue weighted by molar-refractivity contribution is 0.0790. The first kappa shape index (κ1) is 17.1. The number of aromatic nitrogens is 2. The molecule has 136 valence electrons. The molecule has 1 atom stereocenters. The lowest BCUT2D eigenvalue weighted by Crippen LogP contribution is -2.28. The van der Waals surface area contributed by atoms with Crippen molar-refractivity contribution >= 4 is 22.7 Å². The summed E-state index contributed by atoms with van der Waals surface area (Å²) in [7, 11) is 1.63. The van der Waals surface area contributed by atoms with Gasteiger partial charge >= 0.3 is 0 Å². The molecule has 1 aromatic carbocycles. The van der Waals surface area contributed by atoms with E-state index in [4.69, 9.17) is 4.98 Å². The number of para-hydroxylation sites is 1. The highest BCUT2D eigenvalue weighted by atomic mass is 16.2. The molecule has 2 amide bonds.